The summed E-state index contributed by atoms with van der Waals surface area (Å²) in [7, 11) is 0. The second-order valence-electron chi connectivity index (χ2n) is 4.46. The van der Waals surface area contributed by atoms with E-state index in [2.05, 4.69) is 5.32 Å². The number of amides is 1. The highest BCUT2D eigenvalue weighted by molar-refractivity contribution is 5.84. The van der Waals surface area contributed by atoms with Crippen molar-refractivity contribution in [1.82, 2.24) is 0 Å². The Kier molecular flexibility index (Phi) is 3.16. The minimum Gasteiger partial charge on any atom is -0.454 e. The second kappa shape index (κ2) is 5.13. The fourth-order valence-electron chi connectivity index (χ4n) is 2.12. The Morgan fingerprint density at radius 2 is 1.85 bits per heavy atom. The Morgan fingerprint density at radius 3 is 2.60 bits per heavy atom. The standard InChI is InChI=1S/C15H14N2O3/c16-15(18)14(10-4-2-1-3-5-10)17-11-6-7-12-13(8-11)20-9-19-12/h1-8,14,17H,9H2,(H2,16,18)/t14-/m0/s1. The van der Waals surface area contributed by atoms with E-state index >= 15 is 0 Å². The molecule has 102 valence electrons. The Balaban J connectivity index is 1.86. The highest BCUT2D eigenvalue weighted by Crippen LogP contribution is 2.35. The molecule has 1 aliphatic rings. The van der Waals surface area contributed by atoms with E-state index in [4.69, 9.17) is 15.2 Å². The first-order valence-electron chi connectivity index (χ1n) is 6.24. The molecule has 0 spiro atoms. The maximum absolute atomic E-state index is 11.6. The van der Waals surface area contributed by atoms with Crippen LogP contribution in [0.3, 0.4) is 0 Å². The van der Waals surface area contributed by atoms with Crippen molar-refractivity contribution in [2.75, 3.05) is 12.1 Å². The largest absolute Gasteiger partial charge is 0.454 e. The number of anilines is 1. The third-order valence-electron chi connectivity index (χ3n) is 3.10. The topological polar surface area (TPSA) is 73.6 Å². The van der Waals surface area contributed by atoms with Crippen LogP contribution in [0.15, 0.2) is 48.5 Å². The van der Waals surface area contributed by atoms with Gasteiger partial charge < -0.3 is 20.5 Å². The van der Waals surface area contributed by atoms with Crippen LogP contribution >= 0.6 is 0 Å². The van der Waals surface area contributed by atoms with E-state index < -0.39 is 11.9 Å². The molecule has 1 atom stereocenters. The Labute approximate surface area is 116 Å². The SMILES string of the molecule is NC(=O)[C@@H](Nc1ccc2c(c1)OCO2)c1ccccc1. The van der Waals surface area contributed by atoms with E-state index in [-0.39, 0.29) is 6.79 Å². The fraction of sp³-hybridized carbons (Fsp3) is 0.133. The van der Waals surface area contributed by atoms with Crippen LogP contribution in [0.25, 0.3) is 0 Å². The van der Waals surface area contributed by atoms with Crippen molar-refractivity contribution in [3.05, 3.63) is 54.1 Å². The summed E-state index contributed by atoms with van der Waals surface area (Å²) in [4.78, 5) is 11.6. The number of ether oxygens (including phenoxy) is 2. The summed E-state index contributed by atoms with van der Waals surface area (Å²) in [6.45, 7) is 0.219. The van der Waals surface area contributed by atoms with Crippen LogP contribution in [0.2, 0.25) is 0 Å². The molecule has 1 aliphatic heterocycles. The van der Waals surface area contributed by atoms with Crippen molar-refractivity contribution < 1.29 is 14.3 Å². The first-order chi connectivity index (χ1) is 9.74. The van der Waals surface area contributed by atoms with Gasteiger partial charge in [-0.1, -0.05) is 30.3 Å². The molecule has 1 amide bonds. The lowest BCUT2D eigenvalue weighted by atomic mass is 10.1. The minimum atomic E-state index is -0.587. The third kappa shape index (κ3) is 2.38. The molecular weight excluding hydrogens is 256 g/mol. The summed E-state index contributed by atoms with van der Waals surface area (Å²) in [5, 5.41) is 3.11. The van der Waals surface area contributed by atoms with Crippen molar-refractivity contribution in [3.63, 3.8) is 0 Å². The van der Waals surface area contributed by atoms with Crippen LogP contribution in [-0.2, 0) is 4.79 Å². The Morgan fingerprint density at radius 1 is 1.10 bits per heavy atom. The maximum Gasteiger partial charge on any atom is 0.244 e. The summed E-state index contributed by atoms with van der Waals surface area (Å²) in [5.74, 6) is 0.922. The van der Waals surface area contributed by atoms with Gasteiger partial charge in [0.05, 0.1) is 0 Å². The molecule has 2 aromatic carbocycles. The number of hydrogen-bond donors (Lipinski definition) is 2. The van der Waals surface area contributed by atoms with Crippen molar-refractivity contribution in [2.45, 2.75) is 6.04 Å². The fourth-order valence-corrected chi connectivity index (χ4v) is 2.12. The highest BCUT2D eigenvalue weighted by atomic mass is 16.7. The molecule has 0 aliphatic carbocycles. The number of nitrogens with two attached hydrogens (primary N) is 1. The molecule has 1 heterocycles. The first kappa shape index (κ1) is 12.3. The normalized spacial score (nSPS) is 13.8. The van der Waals surface area contributed by atoms with Gasteiger partial charge in [0, 0.05) is 11.8 Å². The predicted octanol–water partition coefficient (Wildman–Crippen LogP) is 2.05. The van der Waals surface area contributed by atoms with Gasteiger partial charge in [-0.15, -0.1) is 0 Å². The second-order valence-corrected chi connectivity index (χ2v) is 4.46. The van der Waals surface area contributed by atoms with E-state index in [9.17, 15) is 4.79 Å². The number of carbonyl (C=O) groups excluding carboxylic acids is 1. The van der Waals surface area contributed by atoms with Crippen LogP contribution in [-0.4, -0.2) is 12.7 Å². The van der Waals surface area contributed by atoms with Crippen molar-refractivity contribution in [2.24, 2.45) is 5.73 Å². The summed E-state index contributed by atoms with van der Waals surface area (Å²) < 4.78 is 10.6. The monoisotopic (exact) mass is 270 g/mol. The van der Waals surface area contributed by atoms with E-state index in [1.165, 1.54) is 0 Å². The van der Waals surface area contributed by atoms with Gasteiger partial charge in [-0.05, 0) is 17.7 Å². The zero-order chi connectivity index (χ0) is 13.9. The Bertz CT molecular complexity index is 628. The number of hydrogen-bond acceptors (Lipinski definition) is 4. The van der Waals surface area contributed by atoms with Gasteiger partial charge in [-0.2, -0.15) is 0 Å². The number of primary amides is 1. The summed E-state index contributed by atoms with van der Waals surface area (Å²) in [6.07, 6.45) is 0. The van der Waals surface area contributed by atoms with Crippen LogP contribution in [0.4, 0.5) is 5.69 Å². The average Bonchev–Trinajstić information content (AvgIpc) is 2.93. The van der Waals surface area contributed by atoms with Gasteiger partial charge in [-0.3, -0.25) is 4.79 Å². The average molecular weight is 270 g/mol. The quantitative estimate of drug-likeness (QED) is 0.891. The van der Waals surface area contributed by atoms with Gasteiger partial charge in [0.2, 0.25) is 12.7 Å². The summed E-state index contributed by atoms with van der Waals surface area (Å²) in [6, 6.07) is 14.2. The molecule has 0 saturated heterocycles. The molecule has 5 heteroatoms. The van der Waals surface area contributed by atoms with E-state index in [1.54, 1.807) is 12.1 Å². The zero-order valence-corrected chi connectivity index (χ0v) is 10.7. The lowest BCUT2D eigenvalue weighted by Crippen LogP contribution is -2.27. The van der Waals surface area contributed by atoms with Gasteiger partial charge in [-0.25, -0.2) is 0 Å². The number of rotatable bonds is 4. The molecule has 3 N–H and O–H groups in total. The molecule has 0 saturated carbocycles. The minimum absolute atomic E-state index is 0.219. The van der Waals surface area contributed by atoms with E-state index in [1.807, 2.05) is 36.4 Å². The molecule has 0 fully saturated rings. The Hall–Kier alpha value is -2.69. The van der Waals surface area contributed by atoms with Gasteiger partial charge in [0.25, 0.3) is 0 Å². The van der Waals surface area contributed by atoms with Crippen LogP contribution in [0, 0.1) is 0 Å². The third-order valence-corrected chi connectivity index (χ3v) is 3.10. The summed E-state index contributed by atoms with van der Waals surface area (Å²) in [5.41, 5.74) is 7.04. The lowest BCUT2D eigenvalue weighted by Gasteiger charge is -2.17. The van der Waals surface area contributed by atoms with Crippen LogP contribution in [0.5, 0.6) is 11.5 Å². The summed E-state index contributed by atoms with van der Waals surface area (Å²) >= 11 is 0. The number of fused-ring (bicyclic) bond motifs is 1. The smallest absolute Gasteiger partial charge is 0.244 e. The molecule has 0 unspecified atom stereocenters. The number of benzene rings is 2. The van der Waals surface area contributed by atoms with Gasteiger partial charge in [0.15, 0.2) is 11.5 Å². The molecule has 0 bridgehead atoms. The number of carbonyl (C=O) groups is 1. The van der Waals surface area contributed by atoms with E-state index in [0.717, 1.165) is 11.3 Å². The van der Waals surface area contributed by atoms with Crippen molar-refractivity contribution in [1.29, 1.82) is 0 Å². The molecule has 5 nitrogen and oxygen atoms in total. The number of nitrogens with one attached hydrogen (secondary N) is 1. The zero-order valence-electron chi connectivity index (χ0n) is 10.7. The molecular formula is C15H14N2O3. The van der Waals surface area contributed by atoms with E-state index in [0.29, 0.717) is 11.5 Å². The molecule has 0 aromatic heterocycles. The van der Waals surface area contributed by atoms with Gasteiger partial charge >= 0.3 is 0 Å². The maximum atomic E-state index is 11.6. The molecule has 2 aromatic rings. The van der Waals surface area contributed by atoms with Crippen LogP contribution < -0.4 is 20.5 Å². The molecule has 0 radical (unpaired) electrons. The van der Waals surface area contributed by atoms with Crippen molar-refractivity contribution in [3.8, 4) is 11.5 Å². The highest BCUT2D eigenvalue weighted by Gasteiger charge is 2.19. The van der Waals surface area contributed by atoms with Crippen LogP contribution in [0.1, 0.15) is 11.6 Å². The van der Waals surface area contributed by atoms with Gasteiger partial charge in [0.1, 0.15) is 6.04 Å². The first-order valence-corrected chi connectivity index (χ1v) is 6.24. The lowest BCUT2D eigenvalue weighted by molar-refractivity contribution is -0.118. The molecule has 20 heavy (non-hydrogen) atoms. The van der Waals surface area contributed by atoms with Crippen molar-refractivity contribution >= 4 is 11.6 Å². The predicted molar refractivity (Wildman–Crippen MR) is 74.6 cm³/mol. The molecule has 3 rings (SSSR count).